The number of nitrogens with one attached hydrogen (secondary N) is 1. The largest absolute Gasteiger partial charge is 0.493 e. The molecule has 5 nitrogen and oxygen atoms in total. The van der Waals surface area contributed by atoms with E-state index in [1.807, 2.05) is 56.3 Å². The highest BCUT2D eigenvalue weighted by atomic mass is 16.5. The van der Waals surface area contributed by atoms with Gasteiger partial charge in [-0.25, -0.2) is 0 Å². The molecule has 0 bridgehead atoms. The second-order valence-corrected chi connectivity index (χ2v) is 5.98. The van der Waals surface area contributed by atoms with E-state index >= 15 is 0 Å². The Morgan fingerprint density at radius 2 is 1.92 bits per heavy atom. The fourth-order valence-electron chi connectivity index (χ4n) is 2.54. The van der Waals surface area contributed by atoms with E-state index in [0.29, 0.717) is 29.4 Å². The minimum absolute atomic E-state index is 0.0625. The number of hydrogen-bond donors (Lipinski definition) is 1. The first-order valence-electron chi connectivity index (χ1n) is 8.17. The van der Waals surface area contributed by atoms with E-state index < -0.39 is 0 Å². The Hall–Kier alpha value is -2.95. The third-order valence-corrected chi connectivity index (χ3v) is 3.69. The van der Waals surface area contributed by atoms with Crippen molar-refractivity contribution in [2.24, 2.45) is 0 Å². The highest BCUT2D eigenvalue weighted by molar-refractivity contribution is 5.96. The van der Waals surface area contributed by atoms with E-state index in [1.54, 1.807) is 13.2 Å². The lowest BCUT2D eigenvalue weighted by Crippen LogP contribution is -2.22. The molecule has 130 valence electrons. The number of fused-ring (bicyclic) bond motifs is 1. The van der Waals surface area contributed by atoms with Gasteiger partial charge >= 0.3 is 0 Å². The maximum Gasteiger partial charge on any atom is 0.287 e. The SMILES string of the molecule is COc1cc(CNC(=O)c2cc3ccccc3o2)ccc1OC(C)C. The normalized spacial score (nSPS) is 10.9. The Bertz CT molecular complexity index is 849. The molecule has 0 aliphatic heterocycles. The van der Waals surface area contributed by atoms with Crippen LogP contribution < -0.4 is 14.8 Å². The van der Waals surface area contributed by atoms with Crippen LogP contribution in [0.3, 0.4) is 0 Å². The lowest BCUT2D eigenvalue weighted by molar-refractivity contribution is 0.0925. The molecule has 0 unspecified atom stereocenters. The van der Waals surface area contributed by atoms with Gasteiger partial charge in [-0.15, -0.1) is 0 Å². The predicted octanol–water partition coefficient (Wildman–Crippen LogP) is 4.16. The van der Waals surface area contributed by atoms with Gasteiger partial charge in [-0.3, -0.25) is 4.79 Å². The lowest BCUT2D eigenvalue weighted by Gasteiger charge is -2.14. The molecule has 0 aliphatic rings. The number of hydrogen-bond acceptors (Lipinski definition) is 4. The predicted molar refractivity (Wildman–Crippen MR) is 96.1 cm³/mol. The molecule has 1 aromatic heterocycles. The Labute approximate surface area is 146 Å². The summed E-state index contributed by atoms with van der Waals surface area (Å²) in [7, 11) is 1.60. The number of rotatable bonds is 6. The molecule has 0 spiro atoms. The van der Waals surface area contributed by atoms with Crippen molar-refractivity contribution in [2.75, 3.05) is 7.11 Å². The van der Waals surface area contributed by atoms with E-state index in [4.69, 9.17) is 13.9 Å². The summed E-state index contributed by atoms with van der Waals surface area (Å²) in [4.78, 5) is 12.3. The number of para-hydroxylation sites is 1. The van der Waals surface area contributed by atoms with Crippen molar-refractivity contribution in [1.29, 1.82) is 0 Å². The smallest absolute Gasteiger partial charge is 0.287 e. The summed E-state index contributed by atoms with van der Waals surface area (Å²) >= 11 is 0. The standard InChI is InChI=1S/C20H21NO4/c1-13(2)24-17-9-8-14(10-18(17)23-3)12-21-20(22)19-11-15-6-4-5-7-16(15)25-19/h4-11,13H,12H2,1-3H3,(H,21,22). The number of benzene rings is 2. The molecule has 3 rings (SSSR count). The highest BCUT2D eigenvalue weighted by Gasteiger charge is 2.13. The molecule has 2 aromatic carbocycles. The fraction of sp³-hybridized carbons (Fsp3) is 0.250. The number of methoxy groups -OCH3 is 1. The average molecular weight is 339 g/mol. The first kappa shape index (κ1) is 16.9. The average Bonchev–Trinajstić information content (AvgIpc) is 3.04. The zero-order valence-electron chi connectivity index (χ0n) is 14.5. The summed E-state index contributed by atoms with van der Waals surface area (Å²) in [5, 5.41) is 3.77. The van der Waals surface area contributed by atoms with Crippen molar-refractivity contribution in [1.82, 2.24) is 5.32 Å². The van der Waals surface area contributed by atoms with Gasteiger partial charge in [0.15, 0.2) is 17.3 Å². The molecule has 0 fully saturated rings. The van der Waals surface area contributed by atoms with Gasteiger partial charge in [-0.05, 0) is 43.7 Å². The quantitative estimate of drug-likeness (QED) is 0.732. The maximum absolute atomic E-state index is 12.3. The van der Waals surface area contributed by atoms with Crippen LogP contribution in [0, 0.1) is 0 Å². The maximum atomic E-state index is 12.3. The number of ether oxygens (including phenoxy) is 2. The summed E-state index contributed by atoms with van der Waals surface area (Å²) in [5.41, 5.74) is 1.61. The molecule has 25 heavy (non-hydrogen) atoms. The van der Waals surface area contributed by atoms with Gasteiger partial charge in [0.1, 0.15) is 5.58 Å². The van der Waals surface area contributed by atoms with Gasteiger partial charge < -0.3 is 19.2 Å². The molecule has 5 heteroatoms. The summed E-state index contributed by atoms with van der Waals surface area (Å²) < 4.78 is 16.6. The molecular formula is C20H21NO4. The van der Waals surface area contributed by atoms with Crippen molar-refractivity contribution in [2.45, 2.75) is 26.5 Å². The highest BCUT2D eigenvalue weighted by Crippen LogP contribution is 2.29. The van der Waals surface area contributed by atoms with E-state index in [-0.39, 0.29) is 12.0 Å². The first-order chi connectivity index (χ1) is 12.1. The van der Waals surface area contributed by atoms with Crippen LogP contribution in [0.25, 0.3) is 11.0 Å². The number of furan rings is 1. The molecule has 1 heterocycles. The van der Waals surface area contributed by atoms with Gasteiger partial charge in [-0.1, -0.05) is 24.3 Å². The van der Waals surface area contributed by atoms with E-state index in [2.05, 4.69) is 5.32 Å². The Balaban J connectivity index is 1.69. The van der Waals surface area contributed by atoms with Gasteiger partial charge in [0.2, 0.25) is 0 Å². The van der Waals surface area contributed by atoms with Crippen LogP contribution in [0.1, 0.15) is 30.0 Å². The van der Waals surface area contributed by atoms with Crippen molar-refractivity contribution in [3.8, 4) is 11.5 Å². The van der Waals surface area contributed by atoms with Crippen LogP contribution in [0.4, 0.5) is 0 Å². The Morgan fingerprint density at radius 3 is 2.64 bits per heavy atom. The van der Waals surface area contributed by atoms with E-state index in [0.717, 1.165) is 10.9 Å². The van der Waals surface area contributed by atoms with Crippen LogP contribution >= 0.6 is 0 Å². The molecule has 1 N–H and O–H groups in total. The van der Waals surface area contributed by atoms with Gasteiger partial charge in [0, 0.05) is 11.9 Å². The number of amides is 1. The molecule has 1 amide bonds. The molecule has 0 saturated heterocycles. The summed E-state index contributed by atoms with van der Waals surface area (Å²) in [6, 6.07) is 14.9. The van der Waals surface area contributed by atoms with E-state index in [9.17, 15) is 4.79 Å². The van der Waals surface area contributed by atoms with Crippen molar-refractivity contribution in [3.05, 3.63) is 59.9 Å². The van der Waals surface area contributed by atoms with Gasteiger partial charge in [0.05, 0.1) is 13.2 Å². The molecule has 0 saturated carbocycles. The second kappa shape index (κ2) is 7.30. The summed E-state index contributed by atoms with van der Waals surface area (Å²) in [6.45, 7) is 4.29. The van der Waals surface area contributed by atoms with Crippen molar-refractivity contribution < 1.29 is 18.7 Å². The molecule has 0 radical (unpaired) electrons. The first-order valence-corrected chi connectivity index (χ1v) is 8.17. The fourth-order valence-corrected chi connectivity index (χ4v) is 2.54. The Morgan fingerprint density at radius 1 is 1.12 bits per heavy atom. The summed E-state index contributed by atoms with van der Waals surface area (Å²) in [5.74, 6) is 1.37. The van der Waals surface area contributed by atoms with Crippen LogP contribution in [0.5, 0.6) is 11.5 Å². The molecule has 3 aromatic rings. The third-order valence-electron chi connectivity index (χ3n) is 3.69. The zero-order chi connectivity index (χ0) is 17.8. The Kier molecular flexibility index (Phi) is 4.93. The van der Waals surface area contributed by atoms with Crippen LogP contribution in [0.15, 0.2) is 52.9 Å². The van der Waals surface area contributed by atoms with Crippen LogP contribution in [-0.2, 0) is 6.54 Å². The topological polar surface area (TPSA) is 60.7 Å². The monoisotopic (exact) mass is 339 g/mol. The lowest BCUT2D eigenvalue weighted by atomic mass is 10.2. The second-order valence-electron chi connectivity index (χ2n) is 5.98. The minimum atomic E-state index is -0.252. The van der Waals surface area contributed by atoms with Crippen molar-refractivity contribution in [3.63, 3.8) is 0 Å². The van der Waals surface area contributed by atoms with Crippen molar-refractivity contribution >= 4 is 16.9 Å². The van der Waals surface area contributed by atoms with Crippen LogP contribution in [-0.4, -0.2) is 19.1 Å². The molecule has 0 aliphatic carbocycles. The number of carbonyl (C=O) groups excluding carboxylic acids is 1. The van der Waals surface area contributed by atoms with Crippen LogP contribution in [0.2, 0.25) is 0 Å². The van der Waals surface area contributed by atoms with Gasteiger partial charge in [0.25, 0.3) is 5.91 Å². The number of carbonyl (C=O) groups is 1. The zero-order valence-corrected chi connectivity index (χ0v) is 14.5. The van der Waals surface area contributed by atoms with Gasteiger partial charge in [-0.2, -0.15) is 0 Å². The minimum Gasteiger partial charge on any atom is -0.493 e. The molecular weight excluding hydrogens is 318 g/mol. The molecule has 0 atom stereocenters. The summed E-state index contributed by atoms with van der Waals surface area (Å²) in [6.07, 6.45) is 0.0625. The van der Waals surface area contributed by atoms with E-state index in [1.165, 1.54) is 0 Å². The third kappa shape index (κ3) is 3.94.